The van der Waals surface area contributed by atoms with Crippen LogP contribution in [0.4, 0.5) is 0 Å². The fourth-order valence-electron chi connectivity index (χ4n) is 0.535. The van der Waals surface area contributed by atoms with Gasteiger partial charge in [0.1, 0.15) is 0 Å². The van der Waals surface area contributed by atoms with E-state index in [9.17, 15) is 0 Å². The van der Waals surface area contributed by atoms with Gasteiger partial charge in [-0.25, -0.2) is 0 Å². The Kier molecular flexibility index (Phi) is 7.95. The number of aliphatic hydroxyl groups excluding tert-OH is 1. The van der Waals surface area contributed by atoms with E-state index >= 15 is 0 Å². The Labute approximate surface area is 72.0 Å². The summed E-state index contributed by atoms with van der Waals surface area (Å²) in [6.45, 7) is 5.89. The molecular formula is C7H14ClNO2. The fraction of sp³-hybridized carbons (Fsp3) is 0.714. The van der Waals surface area contributed by atoms with E-state index in [4.69, 9.17) is 21.4 Å². The molecular weight excluding hydrogens is 166 g/mol. The van der Waals surface area contributed by atoms with Crippen LogP contribution in [0.2, 0.25) is 0 Å². The Bertz CT molecular complexity index is 109. The van der Waals surface area contributed by atoms with Crippen molar-refractivity contribution >= 4 is 11.6 Å². The smallest absolute Gasteiger partial charge is 0.0698 e. The van der Waals surface area contributed by atoms with Crippen molar-refractivity contribution in [3.05, 3.63) is 11.6 Å². The Balaban J connectivity index is 2.85. The van der Waals surface area contributed by atoms with Crippen LogP contribution in [0.25, 0.3) is 0 Å². The minimum absolute atomic E-state index is 0.0716. The molecule has 0 aliphatic rings. The maximum absolute atomic E-state index is 8.33. The summed E-state index contributed by atoms with van der Waals surface area (Å²) in [7, 11) is 0. The fourth-order valence-corrected chi connectivity index (χ4v) is 0.629. The first-order valence-electron chi connectivity index (χ1n) is 3.50. The highest BCUT2D eigenvalue weighted by atomic mass is 35.5. The summed E-state index contributed by atoms with van der Waals surface area (Å²) in [6.07, 6.45) is 0. The quantitative estimate of drug-likeness (QED) is 0.554. The highest BCUT2D eigenvalue weighted by molar-refractivity contribution is 6.29. The molecule has 0 heterocycles. The van der Waals surface area contributed by atoms with Crippen LogP contribution in [0.1, 0.15) is 0 Å². The van der Waals surface area contributed by atoms with Gasteiger partial charge in [0, 0.05) is 18.1 Å². The normalized spacial score (nSPS) is 10.0. The predicted molar refractivity (Wildman–Crippen MR) is 45.8 cm³/mol. The maximum Gasteiger partial charge on any atom is 0.0698 e. The summed E-state index contributed by atoms with van der Waals surface area (Å²) in [6, 6.07) is 0. The molecule has 0 unspecified atom stereocenters. The molecule has 66 valence electrons. The van der Waals surface area contributed by atoms with Crippen LogP contribution in [-0.4, -0.2) is 38.0 Å². The van der Waals surface area contributed by atoms with Crippen LogP contribution < -0.4 is 5.32 Å². The van der Waals surface area contributed by atoms with Gasteiger partial charge in [-0.15, -0.1) is 0 Å². The third-order valence-corrected chi connectivity index (χ3v) is 1.11. The molecule has 11 heavy (non-hydrogen) atoms. The molecule has 0 saturated heterocycles. The average Bonchev–Trinajstić information content (AvgIpc) is 1.96. The molecule has 0 fully saturated rings. The first-order chi connectivity index (χ1) is 5.27. The second-order valence-corrected chi connectivity index (χ2v) is 2.56. The van der Waals surface area contributed by atoms with Crippen LogP contribution in [0, 0.1) is 0 Å². The average molecular weight is 180 g/mol. The molecule has 0 aromatic heterocycles. The Morgan fingerprint density at radius 3 is 2.82 bits per heavy atom. The summed E-state index contributed by atoms with van der Waals surface area (Å²) in [4.78, 5) is 0. The number of aliphatic hydroxyl groups is 1. The number of nitrogens with one attached hydrogen (secondary N) is 1. The van der Waals surface area contributed by atoms with Crippen LogP contribution >= 0.6 is 11.6 Å². The summed E-state index contributed by atoms with van der Waals surface area (Å²) in [5.41, 5.74) is 0. The van der Waals surface area contributed by atoms with Crippen LogP contribution in [-0.2, 0) is 4.74 Å². The lowest BCUT2D eigenvalue weighted by Gasteiger charge is -2.03. The highest BCUT2D eigenvalue weighted by Gasteiger charge is 1.88. The van der Waals surface area contributed by atoms with Gasteiger partial charge >= 0.3 is 0 Å². The van der Waals surface area contributed by atoms with Gasteiger partial charge in [0.25, 0.3) is 0 Å². The number of hydrogen-bond acceptors (Lipinski definition) is 3. The van der Waals surface area contributed by atoms with Crippen molar-refractivity contribution in [1.29, 1.82) is 0 Å². The van der Waals surface area contributed by atoms with Gasteiger partial charge in [-0.2, -0.15) is 0 Å². The zero-order valence-corrected chi connectivity index (χ0v) is 7.23. The van der Waals surface area contributed by atoms with Crippen LogP contribution in [0.15, 0.2) is 11.6 Å². The monoisotopic (exact) mass is 179 g/mol. The van der Waals surface area contributed by atoms with E-state index in [1.165, 1.54) is 0 Å². The van der Waals surface area contributed by atoms with Crippen molar-refractivity contribution in [3.8, 4) is 0 Å². The van der Waals surface area contributed by atoms with E-state index < -0.39 is 0 Å². The lowest BCUT2D eigenvalue weighted by molar-refractivity contribution is 0.0943. The zero-order valence-electron chi connectivity index (χ0n) is 6.48. The summed E-state index contributed by atoms with van der Waals surface area (Å²) in [5.74, 6) is 0. The van der Waals surface area contributed by atoms with Crippen molar-refractivity contribution in [3.63, 3.8) is 0 Å². The van der Waals surface area contributed by atoms with E-state index in [0.717, 1.165) is 6.54 Å². The van der Waals surface area contributed by atoms with Crippen LogP contribution in [0.5, 0.6) is 0 Å². The Morgan fingerprint density at radius 2 is 2.27 bits per heavy atom. The second kappa shape index (κ2) is 8.01. The van der Waals surface area contributed by atoms with E-state index in [1.807, 2.05) is 0 Å². The molecule has 4 heteroatoms. The number of hydrogen-bond donors (Lipinski definition) is 2. The van der Waals surface area contributed by atoms with Gasteiger partial charge in [-0.3, -0.25) is 0 Å². The van der Waals surface area contributed by atoms with E-state index in [1.54, 1.807) is 0 Å². The second-order valence-electron chi connectivity index (χ2n) is 2.03. The van der Waals surface area contributed by atoms with Crippen molar-refractivity contribution in [2.45, 2.75) is 0 Å². The molecule has 0 aromatic rings. The summed E-state index contributed by atoms with van der Waals surface area (Å²) in [5, 5.41) is 11.9. The van der Waals surface area contributed by atoms with Crippen molar-refractivity contribution < 1.29 is 9.84 Å². The van der Waals surface area contributed by atoms with E-state index in [-0.39, 0.29) is 6.61 Å². The SMILES string of the molecule is C=C(Cl)CNCCOCCO. The maximum atomic E-state index is 8.33. The molecule has 0 bridgehead atoms. The third kappa shape index (κ3) is 9.91. The summed E-state index contributed by atoms with van der Waals surface area (Å²) < 4.78 is 4.98. The zero-order chi connectivity index (χ0) is 8.53. The van der Waals surface area contributed by atoms with Crippen molar-refractivity contribution in [2.75, 3.05) is 32.9 Å². The molecule has 0 atom stereocenters. The third-order valence-electron chi connectivity index (χ3n) is 0.976. The molecule has 0 aromatic carbocycles. The topological polar surface area (TPSA) is 41.5 Å². The number of rotatable bonds is 7. The highest BCUT2D eigenvalue weighted by Crippen LogP contribution is 1.91. The van der Waals surface area contributed by atoms with Gasteiger partial charge in [0.05, 0.1) is 19.8 Å². The lowest BCUT2D eigenvalue weighted by Crippen LogP contribution is -2.21. The molecule has 0 radical (unpaired) electrons. The molecule has 0 saturated carbocycles. The largest absolute Gasteiger partial charge is 0.394 e. The lowest BCUT2D eigenvalue weighted by atomic mass is 10.6. The first-order valence-corrected chi connectivity index (χ1v) is 3.87. The van der Waals surface area contributed by atoms with Crippen molar-refractivity contribution in [2.24, 2.45) is 0 Å². The molecule has 0 aliphatic carbocycles. The van der Waals surface area contributed by atoms with Gasteiger partial charge in [0.2, 0.25) is 0 Å². The first kappa shape index (κ1) is 10.9. The molecule has 0 spiro atoms. The molecule has 2 N–H and O–H groups in total. The Morgan fingerprint density at radius 1 is 1.55 bits per heavy atom. The van der Waals surface area contributed by atoms with Crippen molar-refractivity contribution in [1.82, 2.24) is 5.32 Å². The van der Waals surface area contributed by atoms with Gasteiger partial charge < -0.3 is 15.2 Å². The van der Waals surface area contributed by atoms with Gasteiger partial charge in [-0.05, 0) is 0 Å². The number of halogens is 1. The molecule has 3 nitrogen and oxygen atoms in total. The molecule has 0 rings (SSSR count). The van der Waals surface area contributed by atoms with Gasteiger partial charge in [0.15, 0.2) is 0 Å². The van der Waals surface area contributed by atoms with Gasteiger partial charge in [-0.1, -0.05) is 18.2 Å². The molecule has 0 amide bonds. The van der Waals surface area contributed by atoms with E-state index in [0.29, 0.717) is 24.8 Å². The Hall–Kier alpha value is -0.0900. The van der Waals surface area contributed by atoms with Crippen LogP contribution in [0.3, 0.4) is 0 Å². The minimum atomic E-state index is 0.0716. The van der Waals surface area contributed by atoms with E-state index in [2.05, 4.69) is 11.9 Å². The molecule has 0 aliphatic heterocycles. The summed E-state index contributed by atoms with van der Waals surface area (Å²) >= 11 is 5.48. The predicted octanol–water partition coefficient (Wildman–Crippen LogP) is 0.337. The standard InChI is InChI=1S/C7H14ClNO2/c1-7(8)6-9-2-4-11-5-3-10/h9-10H,1-6H2. The minimum Gasteiger partial charge on any atom is -0.394 e. The number of ether oxygens (including phenoxy) is 1.